The van der Waals surface area contributed by atoms with Gasteiger partial charge in [0.05, 0.1) is 5.69 Å². The molecule has 1 aromatic heterocycles. The van der Waals surface area contributed by atoms with Gasteiger partial charge in [-0.05, 0) is 37.8 Å². The molecule has 0 saturated carbocycles. The summed E-state index contributed by atoms with van der Waals surface area (Å²) in [5.41, 5.74) is 9.15. The summed E-state index contributed by atoms with van der Waals surface area (Å²) in [7, 11) is 0. The molecule has 3 heteroatoms. The second-order valence-corrected chi connectivity index (χ2v) is 6.01. The minimum Gasteiger partial charge on any atom is -0.399 e. The highest BCUT2D eigenvalue weighted by Crippen LogP contribution is 2.32. The van der Waals surface area contributed by atoms with Gasteiger partial charge in [-0.25, -0.2) is 4.98 Å². The van der Waals surface area contributed by atoms with Crippen LogP contribution in [0.25, 0.3) is 10.6 Å². The van der Waals surface area contributed by atoms with Gasteiger partial charge in [-0.1, -0.05) is 25.0 Å². The summed E-state index contributed by atoms with van der Waals surface area (Å²) in [6, 6.07) is 8.05. The zero-order valence-corrected chi connectivity index (χ0v) is 11.3. The molecule has 1 aromatic carbocycles. The van der Waals surface area contributed by atoms with E-state index in [0.717, 1.165) is 22.7 Å². The highest BCUT2D eigenvalue weighted by Gasteiger charge is 2.14. The number of hydrogen-bond donors (Lipinski definition) is 1. The number of aromatic nitrogens is 1. The summed E-state index contributed by atoms with van der Waals surface area (Å²) in [5, 5.41) is 1.13. The first-order valence-electron chi connectivity index (χ1n) is 6.67. The van der Waals surface area contributed by atoms with Crippen molar-refractivity contribution in [1.82, 2.24) is 4.98 Å². The maximum Gasteiger partial charge on any atom is 0.123 e. The van der Waals surface area contributed by atoms with Crippen molar-refractivity contribution < 1.29 is 0 Å². The lowest BCUT2D eigenvalue weighted by Gasteiger charge is -2.06. The second kappa shape index (κ2) is 5.11. The minimum absolute atomic E-state index is 0.815. The van der Waals surface area contributed by atoms with Crippen molar-refractivity contribution in [1.29, 1.82) is 0 Å². The first-order valence-corrected chi connectivity index (χ1v) is 7.49. The average Bonchev–Trinajstić information content (AvgIpc) is 2.72. The summed E-state index contributed by atoms with van der Waals surface area (Å²) in [4.78, 5) is 6.32. The van der Waals surface area contributed by atoms with Crippen LogP contribution < -0.4 is 5.73 Å². The highest BCUT2D eigenvalue weighted by molar-refractivity contribution is 7.15. The number of anilines is 1. The largest absolute Gasteiger partial charge is 0.399 e. The van der Waals surface area contributed by atoms with E-state index >= 15 is 0 Å². The zero-order valence-electron chi connectivity index (χ0n) is 10.5. The summed E-state index contributed by atoms with van der Waals surface area (Å²) in [6.45, 7) is 0. The molecule has 0 saturated heterocycles. The van der Waals surface area contributed by atoms with Gasteiger partial charge in [-0.15, -0.1) is 11.3 Å². The van der Waals surface area contributed by atoms with Gasteiger partial charge in [-0.2, -0.15) is 0 Å². The van der Waals surface area contributed by atoms with Crippen LogP contribution in [0.3, 0.4) is 0 Å². The van der Waals surface area contributed by atoms with Crippen molar-refractivity contribution in [2.45, 2.75) is 38.5 Å². The van der Waals surface area contributed by atoms with Gasteiger partial charge in [0, 0.05) is 16.1 Å². The summed E-state index contributed by atoms with van der Waals surface area (Å²) >= 11 is 1.85. The maximum atomic E-state index is 5.84. The summed E-state index contributed by atoms with van der Waals surface area (Å²) in [6.07, 6.45) is 7.66. The van der Waals surface area contributed by atoms with Crippen molar-refractivity contribution in [3.63, 3.8) is 0 Å². The molecule has 1 aliphatic rings. The third-order valence-electron chi connectivity index (χ3n) is 3.48. The molecule has 1 aliphatic carbocycles. The second-order valence-electron chi connectivity index (χ2n) is 4.93. The molecule has 0 unspecified atom stereocenters. The third kappa shape index (κ3) is 2.41. The van der Waals surface area contributed by atoms with Crippen molar-refractivity contribution in [2.75, 3.05) is 5.73 Å². The molecule has 1 heterocycles. The monoisotopic (exact) mass is 258 g/mol. The van der Waals surface area contributed by atoms with E-state index in [-0.39, 0.29) is 0 Å². The number of thiazole rings is 1. The predicted molar refractivity (Wildman–Crippen MR) is 77.8 cm³/mol. The van der Waals surface area contributed by atoms with Gasteiger partial charge in [0.15, 0.2) is 0 Å². The van der Waals surface area contributed by atoms with E-state index in [2.05, 4.69) is 6.07 Å². The number of nitrogen functional groups attached to an aromatic ring is 1. The van der Waals surface area contributed by atoms with Gasteiger partial charge < -0.3 is 5.73 Å². The lowest BCUT2D eigenvalue weighted by atomic mass is 10.0. The zero-order chi connectivity index (χ0) is 12.4. The van der Waals surface area contributed by atoms with Crippen LogP contribution in [0, 0.1) is 0 Å². The number of hydrogen-bond acceptors (Lipinski definition) is 3. The van der Waals surface area contributed by atoms with Gasteiger partial charge in [0.25, 0.3) is 0 Å². The van der Waals surface area contributed by atoms with E-state index < -0.39 is 0 Å². The number of fused-ring (bicyclic) bond motifs is 1. The van der Waals surface area contributed by atoms with E-state index in [1.807, 2.05) is 29.5 Å². The first-order chi connectivity index (χ1) is 8.83. The van der Waals surface area contributed by atoms with E-state index in [0.29, 0.717) is 0 Å². The molecule has 2 N–H and O–H groups in total. The van der Waals surface area contributed by atoms with Gasteiger partial charge >= 0.3 is 0 Å². The van der Waals surface area contributed by atoms with Crippen LogP contribution in [0.5, 0.6) is 0 Å². The molecule has 3 rings (SSSR count). The molecule has 2 nitrogen and oxygen atoms in total. The number of benzene rings is 1. The molecule has 0 aliphatic heterocycles. The van der Waals surface area contributed by atoms with Gasteiger partial charge in [0.2, 0.25) is 0 Å². The Kier molecular flexibility index (Phi) is 3.33. The summed E-state index contributed by atoms with van der Waals surface area (Å²) < 4.78 is 0. The molecule has 0 bridgehead atoms. The molecular formula is C15H18N2S. The normalized spacial score (nSPS) is 15.8. The Morgan fingerprint density at radius 1 is 1.06 bits per heavy atom. The van der Waals surface area contributed by atoms with Crippen LogP contribution in [0.1, 0.15) is 36.3 Å². The molecule has 0 atom stereocenters. The van der Waals surface area contributed by atoms with Crippen LogP contribution >= 0.6 is 11.3 Å². The molecule has 0 amide bonds. The Morgan fingerprint density at radius 2 is 1.89 bits per heavy atom. The van der Waals surface area contributed by atoms with Crippen LogP contribution in [0.15, 0.2) is 24.3 Å². The van der Waals surface area contributed by atoms with Crippen LogP contribution in [0.2, 0.25) is 0 Å². The first kappa shape index (κ1) is 11.7. The fourth-order valence-corrected chi connectivity index (χ4v) is 3.65. The van der Waals surface area contributed by atoms with E-state index in [4.69, 9.17) is 10.7 Å². The molecule has 0 spiro atoms. The lowest BCUT2D eigenvalue weighted by molar-refractivity contribution is 0.616. The fourth-order valence-electron chi connectivity index (χ4n) is 2.50. The van der Waals surface area contributed by atoms with Crippen molar-refractivity contribution in [3.05, 3.63) is 34.8 Å². The van der Waals surface area contributed by atoms with Crippen molar-refractivity contribution in [2.24, 2.45) is 0 Å². The third-order valence-corrected chi connectivity index (χ3v) is 4.69. The van der Waals surface area contributed by atoms with Crippen LogP contribution in [-0.2, 0) is 12.8 Å². The van der Waals surface area contributed by atoms with Gasteiger partial charge in [0.1, 0.15) is 5.01 Å². The molecule has 2 aromatic rings. The van der Waals surface area contributed by atoms with Crippen LogP contribution in [-0.4, -0.2) is 4.98 Å². The Labute approximate surface area is 112 Å². The molecular weight excluding hydrogens is 240 g/mol. The smallest absolute Gasteiger partial charge is 0.123 e. The van der Waals surface area contributed by atoms with E-state index in [1.54, 1.807) is 0 Å². The molecule has 0 radical (unpaired) electrons. The Morgan fingerprint density at radius 3 is 2.72 bits per heavy atom. The molecule has 0 fully saturated rings. The Balaban J connectivity index is 1.96. The SMILES string of the molecule is Nc1cccc(-c2nc3c(s2)CCCCCC3)c1. The van der Waals surface area contributed by atoms with E-state index in [1.165, 1.54) is 42.7 Å². The highest BCUT2D eigenvalue weighted by atomic mass is 32.1. The quantitative estimate of drug-likeness (QED) is 0.784. The van der Waals surface area contributed by atoms with E-state index in [9.17, 15) is 0 Å². The Hall–Kier alpha value is -1.35. The average molecular weight is 258 g/mol. The number of rotatable bonds is 1. The van der Waals surface area contributed by atoms with Crippen molar-refractivity contribution in [3.8, 4) is 10.6 Å². The molecule has 94 valence electrons. The molecule has 18 heavy (non-hydrogen) atoms. The van der Waals surface area contributed by atoms with Crippen LogP contribution in [0.4, 0.5) is 5.69 Å². The van der Waals surface area contributed by atoms with Gasteiger partial charge in [-0.3, -0.25) is 0 Å². The maximum absolute atomic E-state index is 5.84. The lowest BCUT2D eigenvalue weighted by Crippen LogP contribution is -1.96. The number of nitrogens with zero attached hydrogens (tertiary/aromatic N) is 1. The Bertz CT molecular complexity index is 520. The summed E-state index contributed by atoms with van der Waals surface area (Å²) in [5.74, 6) is 0. The fraction of sp³-hybridized carbons (Fsp3) is 0.400. The number of nitrogens with two attached hydrogens (primary N) is 1. The predicted octanol–water partition coefficient (Wildman–Crippen LogP) is 4.05. The topological polar surface area (TPSA) is 38.9 Å². The standard InChI is InChI=1S/C15H18N2S/c16-12-7-5-6-11(10-12)15-17-13-8-3-1-2-4-9-14(13)18-15/h5-7,10H,1-4,8-9,16H2. The number of aryl methyl sites for hydroxylation is 2. The minimum atomic E-state index is 0.815. The van der Waals surface area contributed by atoms with Crippen molar-refractivity contribution >= 4 is 17.0 Å².